The molecule has 0 bridgehead atoms. The van der Waals surface area contributed by atoms with Crippen LogP contribution in [0.2, 0.25) is 10.0 Å². The van der Waals surface area contributed by atoms with Gasteiger partial charge in [0.25, 0.3) is 0 Å². The summed E-state index contributed by atoms with van der Waals surface area (Å²) >= 11 is 13.1. The Kier molecular flexibility index (Phi) is 12.3. The van der Waals surface area contributed by atoms with Gasteiger partial charge < -0.3 is 10.2 Å². The van der Waals surface area contributed by atoms with Crippen LogP contribution in [0.4, 0.5) is 0 Å². The van der Waals surface area contributed by atoms with E-state index >= 15 is 0 Å². The first kappa shape index (κ1) is 24.7. The molecule has 4 nitrogen and oxygen atoms in total. The van der Waals surface area contributed by atoms with E-state index in [4.69, 9.17) is 33.4 Å². The predicted octanol–water partition coefficient (Wildman–Crippen LogP) is 4.94. The number of aromatic hydroxyl groups is 2. The number of phenolic OH excluding ortho intramolecular Hbond substituents is 2. The minimum Gasteiger partial charge on any atom is -0.507 e. The second-order valence-electron chi connectivity index (χ2n) is 4.50. The average Bonchev–Trinajstić information content (AvgIpc) is 2.59. The SMILES string of the molecule is O=C1C=CC(=O)C=C1.Oc1cccc(Cl)c1Cl.Oc1ccccc1I.[Co]. The zero-order chi connectivity index (χ0) is 18.8. The van der Waals surface area contributed by atoms with Gasteiger partial charge >= 0.3 is 0 Å². The second-order valence-corrected chi connectivity index (χ2v) is 6.44. The number of allylic oxidation sites excluding steroid dienone is 4. The molecule has 0 aromatic heterocycles. The van der Waals surface area contributed by atoms with Crippen molar-refractivity contribution in [1.29, 1.82) is 0 Å². The third-order valence-corrected chi connectivity index (χ3v) is 4.33. The summed E-state index contributed by atoms with van der Waals surface area (Å²) in [7, 11) is 0. The summed E-state index contributed by atoms with van der Waals surface area (Å²) in [5, 5.41) is 18.4. The quantitative estimate of drug-likeness (QED) is 0.360. The molecule has 139 valence electrons. The molecule has 0 fully saturated rings. The number of para-hydroxylation sites is 1. The van der Waals surface area contributed by atoms with E-state index < -0.39 is 0 Å². The van der Waals surface area contributed by atoms with Gasteiger partial charge in [0.1, 0.15) is 16.5 Å². The largest absolute Gasteiger partial charge is 0.507 e. The topological polar surface area (TPSA) is 74.6 Å². The Morgan fingerprint density at radius 1 is 0.731 bits per heavy atom. The van der Waals surface area contributed by atoms with Crippen LogP contribution in [0.1, 0.15) is 0 Å². The van der Waals surface area contributed by atoms with Crippen molar-refractivity contribution in [2.24, 2.45) is 0 Å². The predicted molar refractivity (Wildman–Crippen MR) is 107 cm³/mol. The molecule has 3 rings (SSSR count). The Morgan fingerprint density at radius 3 is 1.54 bits per heavy atom. The second kappa shape index (κ2) is 12.9. The molecule has 0 saturated carbocycles. The average molecular weight is 550 g/mol. The van der Waals surface area contributed by atoms with E-state index in [-0.39, 0.29) is 39.1 Å². The van der Waals surface area contributed by atoms with Crippen LogP contribution in [0.5, 0.6) is 11.5 Å². The van der Waals surface area contributed by atoms with Gasteiger partial charge in [-0.25, -0.2) is 0 Å². The van der Waals surface area contributed by atoms with Gasteiger partial charge in [0, 0.05) is 16.8 Å². The van der Waals surface area contributed by atoms with E-state index in [2.05, 4.69) is 22.6 Å². The van der Waals surface area contributed by atoms with Gasteiger partial charge in [-0.3, -0.25) is 9.59 Å². The number of carbonyl (C=O) groups excluding carboxylic acids is 2. The molecule has 2 aromatic carbocycles. The van der Waals surface area contributed by atoms with Crippen molar-refractivity contribution in [2.45, 2.75) is 0 Å². The molecule has 2 N–H and O–H groups in total. The molecule has 0 unspecified atom stereocenters. The summed E-state index contributed by atoms with van der Waals surface area (Å²) in [4.78, 5) is 20.6. The van der Waals surface area contributed by atoms with E-state index in [1.807, 2.05) is 12.1 Å². The summed E-state index contributed by atoms with van der Waals surface area (Å²) in [5.41, 5.74) is 0. The van der Waals surface area contributed by atoms with Gasteiger partial charge in [-0.2, -0.15) is 0 Å². The first-order valence-electron chi connectivity index (χ1n) is 6.82. The fraction of sp³-hybridized carbons (Fsp3) is 0. The van der Waals surface area contributed by atoms with Crippen LogP contribution < -0.4 is 0 Å². The van der Waals surface area contributed by atoms with E-state index in [0.29, 0.717) is 10.8 Å². The van der Waals surface area contributed by atoms with Gasteiger partial charge in [-0.05, 0) is 71.2 Å². The molecular formula is C18H13Cl2CoIO4. The Balaban J connectivity index is 0.000000355. The Bertz CT molecular complexity index is 743. The number of halogens is 3. The van der Waals surface area contributed by atoms with E-state index in [0.717, 1.165) is 3.57 Å². The molecule has 0 saturated heterocycles. The van der Waals surface area contributed by atoms with Crippen LogP contribution in [-0.4, -0.2) is 21.8 Å². The number of carbonyl (C=O) groups is 2. The summed E-state index contributed by atoms with van der Waals surface area (Å²) in [6, 6.07) is 11.9. The van der Waals surface area contributed by atoms with Crippen LogP contribution >= 0.6 is 45.8 Å². The summed E-state index contributed by atoms with van der Waals surface area (Å²) in [6.07, 6.45) is 5.01. The monoisotopic (exact) mass is 549 g/mol. The first-order valence-corrected chi connectivity index (χ1v) is 8.65. The van der Waals surface area contributed by atoms with E-state index in [1.54, 1.807) is 24.3 Å². The standard InChI is InChI=1S/C6H4Cl2O.C6H5IO.C6H4O2.Co/c7-4-2-1-3-5(9)6(4)8;7-5-3-1-2-4-6(5)8;7-5-1-2-6(8)4-3-5;/h1-3,9H;1-4,8H;1-4H;. The van der Waals surface area contributed by atoms with Crippen LogP contribution in [0.3, 0.4) is 0 Å². The van der Waals surface area contributed by atoms with Crippen molar-refractivity contribution < 1.29 is 36.6 Å². The smallest absolute Gasteiger partial charge is 0.178 e. The molecule has 0 aliphatic heterocycles. The van der Waals surface area contributed by atoms with Crippen LogP contribution in [-0.2, 0) is 26.4 Å². The molecular weight excluding hydrogens is 537 g/mol. The number of ketones is 2. The van der Waals surface area contributed by atoms with Gasteiger partial charge in [0.05, 0.1) is 8.59 Å². The molecule has 1 radical (unpaired) electrons. The molecule has 1 aliphatic rings. The number of rotatable bonds is 0. The zero-order valence-electron chi connectivity index (χ0n) is 13.0. The van der Waals surface area contributed by atoms with Crippen molar-refractivity contribution in [3.05, 3.63) is 80.4 Å². The van der Waals surface area contributed by atoms with Gasteiger partial charge in [0.15, 0.2) is 11.6 Å². The molecule has 26 heavy (non-hydrogen) atoms. The number of hydrogen-bond acceptors (Lipinski definition) is 4. The molecule has 0 heterocycles. The fourth-order valence-corrected chi connectivity index (χ4v) is 2.07. The van der Waals surface area contributed by atoms with Gasteiger partial charge in [0.2, 0.25) is 0 Å². The van der Waals surface area contributed by atoms with E-state index in [1.165, 1.54) is 30.4 Å². The summed E-state index contributed by atoms with van der Waals surface area (Å²) in [6.45, 7) is 0. The van der Waals surface area contributed by atoms with Crippen molar-refractivity contribution >= 4 is 57.4 Å². The first-order chi connectivity index (χ1) is 11.8. The molecule has 1 aliphatic carbocycles. The van der Waals surface area contributed by atoms with E-state index in [9.17, 15) is 9.59 Å². The van der Waals surface area contributed by atoms with Crippen molar-refractivity contribution in [3.63, 3.8) is 0 Å². The fourth-order valence-electron chi connectivity index (χ4n) is 1.38. The zero-order valence-corrected chi connectivity index (χ0v) is 17.7. The van der Waals surface area contributed by atoms with Crippen molar-refractivity contribution in [1.82, 2.24) is 0 Å². The molecule has 0 spiro atoms. The Labute approximate surface area is 184 Å². The molecule has 0 amide bonds. The molecule has 2 aromatic rings. The normalized spacial score (nSPS) is 11.5. The van der Waals surface area contributed by atoms with Crippen LogP contribution in [0, 0.1) is 3.57 Å². The number of phenols is 2. The number of benzene rings is 2. The number of hydrogen-bond donors (Lipinski definition) is 2. The Hall–Kier alpha value is -1.32. The van der Waals surface area contributed by atoms with Crippen LogP contribution in [0.25, 0.3) is 0 Å². The van der Waals surface area contributed by atoms with Gasteiger partial charge in [-0.1, -0.05) is 41.4 Å². The maximum Gasteiger partial charge on any atom is 0.178 e. The van der Waals surface area contributed by atoms with Crippen molar-refractivity contribution in [3.8, 4) is 11.5 Å². The van der Waals surface area contributed by atoms with Gasteiger partial charge in [-0.15, -0.1) is 0 Å². The summed E-state index contributed by atoms with van der Waals surface area (Å²) in [5.74, 6) is 0.131. The van der Waals surface area contributed by atoms with Crippen LogP contribution in [0.15, 0.2) is 66.8 Å². The Morgan fingerprint density at radius 2 is 1.19 bits per heavy atom. The minimum absolute atomic E-state index is 0. The summed E-state index contributed by atoms with van der Waals surface area (Å²) < 4.78 is 0.894. The molecule has 0 atom stereocenters. The maximum atomic E-state index is 10.3. The molecule has 8 heteroatoms. The van der Waals surface area contributed by atoms with Crippen molar-refractivity contribution in [2.75, 3.05) is 0 Å². The third kappa shape index (κ3) is 9.40. The minimum atomic E-state index is -0.121. The maximum absolute atomic E-state index is 10.3. The third-order valence-electron chi connectivity index (χ3n) is 2.61.